The van der Waals surface area contributed by atoms with Crippen molar-refractivity contribution in [1.82, 2.24) is 0 Å². The van der Waals surface area contributed by atoms with Crippen LogP contribution in [0.15, 0.2) is 12.7 Å². The molecule has 2 heteroatoms. The second-order valence-electron chi connectivity index (χ2n) is 4.56. The van der Waals surface area contributed by atoms with E-state index in [1.165, 1.54) is 38.2 Å². The molecule has 0 heterocycles. The standard InChI is InChI=1S/C12H20O2/c1-4-11(13)14-12(2,3)10-8-6-5-7-9-10/h4,10H,1,5-9H2,2-3H3. The van der Waals surface area contributed by atoms with E-state index in [9.17, 15) is 4.79 Å². The molecule has 0 aromatic carbocycles. The Bertz CT molecular complexity index is 212. The maximum Gasteiger partial charge on any atom is 0.330 e. The number of hydrogen-bond donors (Lipinski definition) is 0. The average Bonchev–Trinajstić information content (AvgIpc) is 2.18. The summed E-state index contributed by atoms with van der Waals surface area (Å²) in [7, 11) is 0. The molecule has 2 nitrogen and oxygen atoms in total. The highest BCUT2D eigenvalue weighted by molar-refractivity contribution is 5.81. The minimum absolute atomic E-state index is 0.305. The van der Waals surface area contributed by atoms with Crippen molar-refractivity contribution >= 4 is 5.97 Å². The SMILES string of the molecule is C=CC(=O)OC(C)(C)C1CCCCC1. The number of carbonyl (C=O) groups excluding carboxylic acids is 1. The van der Waals surface area contributed by atoms with Crippen LogP contribution in [0.25, 0.3) is 0 Å². The fraction of sp³-hybridized carbons (Fsp3) is 0.750. The predicted octanol–water partition coefficient (Wildman–Crippen LogP) is 3.07. The molecule has 0 radical (unpaired) electrons. The smallest absolute Gasteiger partial charge is 0.330 e. The van der Waals surface area contributed by atoms with E-state index >= 15 is 0 Å². The van der Waals surface area contributed by atoms with Gasteiger partial charge >= 0.3 is 5.97 Å². The Hall–Kier alpha value is -0.790. The zero-order valence-electron chi connectivity index (χ0n) is 9.21. The fourth-order valence-electron chi connectivity index (χ4n) is 2.18. The van der Waals surface area contributed by atoms with E-state index in [1.807, 2.05) is 13.8 Å². The summed E-state index contributed by atoms with van der Waals surface area (Å²) in [6, 6.07) is 0. The lowest BCUT2D eigenvalue weighted by Crippen LogP contribution is -2.37. The van der Waals surface area contributed by atoms with Crippen LogP contribution in [0.4, 0.5) is 0 Å². The minimum Gasteiger partial charge on any atom is -0.456 e. The van der Waals surface area contributed by atoms with E-state index < -0.39 is 0 Å². The highest BCUT2D eigenvalue weighted by atomic mass is 16.6. The Morgan fingerprint density at radius 1 is 1.36 bits per heavy atom. The van der Waals surface area contributed by atoms with E-state index in [2.05, 4.69) is 6.58 Å². The molecule has 0 spiro atoms. The molecule has 0 saturated heterocycles. The van der Waals surface area contributed by atoms with Crippen molar-refractivity contribution in [3.8, 4) is 0 Å². The zero-order valence-corrected chi connectivity index (χ0v) is 9.21. The van der Waals surface area contributed by atoms with E-state index in [-0.39, 0.29) is 11.6 Å². The molecule has 0 aromatic heterocycles. The maximum absolute atomic E-state index is 11.1. The van der Waals surface area contributed by atoms with Gasteiger partial charge < -0.3 is 4.74 Å². The van der Waals surface area contributed by atoms with Crippen LogP contribution >= 0.6 is 0 Å². The zero-order chi connectivity index (χ0) is 10.6. The van der Waals surface area contributed by atoms with E-state index in [4.69, 9.17) is 4.74 Å². The first-order valence-electron chi connectivity index (χ1n) is 5.41. The molecule has 0 aromatic rings. The number of rotatable bonds is 3. The lowest BCUT2D eigenvalue weighted by atomic mass is 9.79. The van der Waals surface area contributed by atoms with Crippen LogP contribution in [-0.2, 0) is 9.53 Å². The van der Waals surface area contributed by atoms with Crippen molar-refractivity contribution in [3.05, 3.63) is 12.7 Å². The topological polar surface area (TPSA) is 26.3 Å². The molecule has 0 N–H and O–H groups in total. The first kappa shape index (κ1) is 11.3. The lowest BCUT2D eigenvalue weighted by Gasteiger charge is -2.36. The molecule has 0 amide bonds. The van der Waals surface area contributed by atoms with Crippen molar-refractivity contribution in [3.63, 3.8) is 0 Å². The second kappa shape index (κ2) is 4.63. The van der Waals surface area contributed by atoms with E-state index in [0.717, 1.165) is 0 Å². The third kappa shape index (κ3) is 2.86. The van der Waals surface area contributed by atoms with Crippen molar-refractivity contribution in [1.29, 1.82) is 0 Å². The number of esters is 1. The number of carbonyl (C=O) groups is 1. The van der Waals surface area contributed by atoms with Gasteiger partial charge in [-0.1, -0.05) is 25.8 Å². The van der Waals surface area contributed by atoms with Crippen molar-refractivity contribution in [2.45, 2.75) is 51.6 Å². The molecule has 0 bridgehead atoms. The summed E-state index contributed by atoms with van der Waals surface area (Å²) in [5, 5.41) is 0. The van der Waals surface area contributed by atoms with Gasteiger partial charge in [-0.3, -0.25) is 0 Å². The van der Waals surface area contributed by atoms with Gasteiger partial charge in [-0.15, -0.1) is 0 Å². The second-order valence-corrected chi connectivity index (χ2v) is 4.56. The van der Waals surface area contributed by atoms with Gasteiger partial charge in [-0.05, 0) is 32.6 Å². The van der Waals surface area contributed by atoms with Gasteiger partial charge in [0, 0.05) is 6.08 Å². The van der Waals surface area contributed by atoms with Gasteiger partial charge in [0.15, 0.2) is 0 Å². The van der Waals surface area contributed by atoms with Gasteiger partial charge in [-0.25, -0.2) is 4.79 Å². The van der Waals surface area contributed by atoms with Crippen molar-refractivity contribution in [2.24, 2.45) is 5.92 Å². The largest absolute Gasteiger partial charge is 0.456 e. The van der Waals surface area contributed by atoms with Crippen LogP contribution in [0.3, 0.4) is 0 Å². The summed E-state index contributed by atoms with van der Waals surface area (Å²) < 4.78 is 5.37. The van der Waals surface area contributed by atoms with E-state index in [0.29, 0.717) is 5.92 Å². The lowest BCUT2D eigenvalue weighted by molar-refractivity contribution is -0.156. The summed E-state index contributed by atoms with van der Waals surface area (Å²) in [5.74, 6) is 0.209. The van der Waals surface area contributed by atoms with Crippen LogP contribution in [-0.4, -0.2) is 11.6 Å². The molecule has 1 rings (SSSR count). The fourth-order valence-corrected chi connectivity index (χ4v) is 2.18. The van der Waals surface area contributed by atoms with Crippen molar-refractivity contribution in [2.75, 3.05) is 0 Å². The molecule has 0 atom stereocenters. The monoisotopic (exact) mass is 196 g/mol. The third-order valence-electron chi connectivity index (χ3n) is 3.12. The normalized spacial score (nSPS) is 19.0. The number of ether oxygens (including phenoxy) is 1. The van der Waals surface area contributed by atoms with Crippen LogP contribution in [0.5, 0.6) is 0 Å². The van der Waals surface area contributed by atoms with Gasteiger partial charge in [0.2, 0.25) is 0 Å². The van der Waals surface area contributed by atoms with Crippen LogP contribution in [0, 0.1) is 5.92 Å². The number of hydrogen-bond acceptors (Lipinski definition) is 2. The molecule has 0 unspecified atom stereocenters. The molecular formula is C12H20O2. The summed E-state index contributed by atoms with van der Waals surface area (Å²) in [5.41, 5.74) is -0.328. The van der Waals surface area contributed by atoms with Gasteiger partial charge in [-0.2, -0.15) is 0 Å². The summed E-state index contributed by atoms with van der Waals surface area (Å²) >= 11 is 0. The van der Waals surface area contributed by atoms with Crippen LogP contribution in [0.2, 0.25) is 0 Å². The molecule has 1 fully saturated rings. The van der Waals surface area contributed by atoms with Crippen LogP contribution in [0.1, 0.15) is 46.0 Å². The predicted molar refractivity (Wildman–Crippen MR) is 56.9 cm³/mol. The van der Waals surface area contributed by atoms with Crippen LogP contribution < -0.4 is 0 Å². The first-order valence-corrected chi connectivity index (χ1v) is 5.41. The molecule has 1 saturated carbocycles. The van der Waals surface area contributed by atoms with E-state index in [1.54, 1.807) is 0 Å². The van der Waals surface area contributed by atoms with Gasteiger partial charge in [0.05, 0.1) is 0 Å². The molecule has 0 aliphatic heterocycles. The Balaban J connectivity index is 2.53. The Labute approximate surface area is 86.3 Å². The highest BCUT2D eigenvalue weighted by Crippen LogP contribution is 2.34. The summed E-state index contributed by atoms with van der Waals surface area (Å²) in [6.07, 6.45) is 7.45. The summed E-state index contributed by atoms with van der Waals surface area (Å²) in [4.78, 5) is 11.1. The average molecular weight is 196 g/mol. The van der Waals surface area contributed by atoms with Gasteiger partial charge in [0.25, 0.3) is 0 Å². The third-order valence-corrected chi connectivity index (χ3v) is 3.12. The molecule has 14 heavy (non-hydrogen) atoms. The Morgan fingerprint density at radius 2 is 1.93 bits per heavy atom. The van der Waals surface area contributed by atoms with Crippen molar-refractivity contribution < 1.29 is 9.53 Å². The summed E-state index contributed by atoms with van der Waals surface area (Å²) in [6.45, 7) is 7.42. The molecule has 80 valence electrons. The quantitative estimate of drug-likeness (QED) is 0.512. The maximum atomic E-state index is 11.1. The van der Waals surface area contributed by atoms with Gasteiger partial charge in [0.1, 0.15) is 5.60 Å². The Kier molecular flexibility index (Phi) is 3.73. The Morgan fingerprint density at radius 3 is 2.43 bits per heavy atom. The molecule has 1 aliphatic rings. The molecular weight excluding hydrogens is 176 g/mol. The highest BCUT2D eigenvalue weighted by Gasteiger charge is 2.33. The molecule has 1 aliphatic carbocycles. The minimum atomic E-state index is -0.328. The first-order chi connectivity index (χ1) is 6.56.